The average molecular weight is 338 g/mol. The summed E-state index contributed by atoms with van der Waals surface area (Å²) in [5.41, 5.74) is 0.670. The maximum Gasteiger partial charge on any atom is 0.339 e. The van der Waals surface area contributed by atoms with Crippen LogP contribution in [0, 0.1) is 0 Å². The Morgan fingerprint density at radius 3 is 2.05 bits per heavy atom. The molecule has 6 heteroatoms. The summed E-state index contributed by atoms with van der Waals surface area (Å²) in [6, 6.07) is 13.3. The lowest BCUT2D eigenvalue weighted by molar-refractivity contribution is 0.0503. The predicted octanol–water partition coefficient (Wildman–Crippen LogP) is 3.58. The monoisotopic (exact) mass is 337 g/mol. The second-order valence-corrected chi connectivity index (χ2v) is 5.17. The highest BCUT2D eigenvalue weighted by atomic mass is 35.5. The van der Waals surface area contributed by atoms with Crippen LogP contribution in [0.15, 0.2) is 48.5 Å². The van der Waals surface area contributed by atoms with Gasteiger partial charge in [-0.1, -0.05) is 47.5 Å². The van der Waals surface area contributed by atoms with Crippen molar-refractivity contribution in [2.45, 2.75) is 0 Å². The minimum Gasteiger partial charge on any atom is -0.460 e. The molecule has 1 N–H and O–H groups in total. The van der Waals surface area contributed by atoms with E-state index in [4.69, 9.17) is 27.9 Å². The standard InChI is InChI=1S/C16H13Cl2NO3/c17-13-7-3-1-5-11(13)15(20)19-9-10-22-16(21)12-6-2-4-8-14(12)18/h1-8H,9-10H2,(H,19,20). The molecule has 0 spiro atoms. The summed E-state index contributed by atoms with van der Waals surface area (Å²) in [6.45, 7) is 0.223. The highest BCUT2D eigenvalue weighted by Crippen LogP contribution is 2.16. The minimum absolute atomic E-state index is 0.0419. The van der Waals surface area contributed by atoms with E-state index in [9.17, 15) is 9.59 Å². The smallest absolute Gasteiger partial charge is 0.339 e. The first-order chi connectivity index (χ1) is 10.6. The molecule has 0 heterocycles. The highest BCUT2D eigenvalue weighted by Gasteiger charge is 2.12. The van der Waals surface area contributed by atoms with E-state index in [1.165, 1.54) is 0 Å². The maximum atomic E-state index is 11.9. The Labute approximate surface area is 138 Å². The summed E-state index contributed by atoms with van der Waals surface area (Å²) >= 11 is 11.8. The molecule has 2 rings (SSSR count). The van der Waals surface area contributed by atoms with E-state index in [0.717, 1.165) is 0 Å². The van der Waals surface area contributed by atoms with Gasteiger partial charge < -0.3 is 10.1 Å². The van der Waals surface area contributed by atoms with E-state index < -0.39 is 5.97 Å². The number of ether oxygens (including phenoxy) is 1. The quantitative estimate of drug-likeness (QED) is 0.670. The number of carbonyl (C=O) groups is 2. The molecule has 0 aliphatic rings. The Kier molecular flexibility index (Phi) is 5.81. The van der Waals surface area contributed by atoms with Crippen LogP contribution in [0.4, 0.5) is 0 Å². The van der Waals surface area contributed by atoms with Gasteiger partial charge >= 0.3 is 5.97 Å². The molecule has 0 saturated heterocycles. The summed E-state index contributed by atoms with van der Waals surface area (Å²) in [7, 11) is 0. The van der Waals surface area contributed by atoms with Crippen LogP contribution in [0.2, 0.25) is 10.0 Å². The van der Waals surface area contributed by atoms with Gasteiger partial charge in [0.15, 0.2) is 0 Å². The molecule has 4 nitrogen and oxygen atoms in total. The molecule has 0 aromatic heterocycles. The Bertz CT molecular complexity index is 629. The molecule has 0 unspecified atom stereocenters. The van der Waals surface area contributed by atoms with Crippen LogP contribution in [0.3, 0.4) is 0 Å². The lowest BCUT2D eigenvalue weighted by Gasteiger charge is -2.08. The number of hydrogen-bond acceptors (Lipinski definition) is 3. The van der Waals surface area contributed by atoms with Crippen LogP contribution < -0.4 is 5.32 Å². The van der Waals surface area contributed by atoms with Crippen LogP contribution in [0.25, 0.3) is 0 Å². The Balaban J connectivity index is 1.80. The molecule has 0 fully saturated rings. The van der Waals surface area contributed by atoms with Crippen molar-refractivity contribution >= 4 is 35.1 Å². The number of esters is 1. The van der Waals surface area contributed by atoms with Crippen LogP contribution >= 0.6 is 23.2 Å². The molecule has 2 aromatic carbocycles. The number of nitrogens with one attached hydrogen (secondary N) is 1. The zero-order chi connectivity index (χ0) is 15.9. The second kappa shape index (κ2) is 7.82. The number of benzene rings is 2. The van der Waals surface area contributed by atoms with Crippen molar-refractivity contribution in [1.29, 1.82) is 0 Å². The van der Waals surface area contributed by atoms with Crippen LogP contribution in [0.5, 0.6) is 0 Å². The summed E-state index contributed by atoms with van der Waals surface area (Å²) in [6.07, 6.45) is 0. The molecule has 0 bridgehead atoms. The zero-order valence-corrected chi connectivity index (χ0v) is 13.0. The van der Waals surface area contributed by atoms with Crippen molar-refractivity contribution < 1.29 is 14.3 Å². The van der Waals surface area contributed by atoms with E-state index >= 15 is 0 Å². The molecule has 22 heavy (non-hydrogen) atoms. The number of hydrogen-bond donors (Lipinski definition) is 1. The van der Waals surface area contributed by atoms with Crippen LogP contribution in [-0.2, 0) is 4.74 Å². The van der Waals surface area contributed by atoms with Crippen molar-refractivity contribution in [2.24, 2.45) is 0 Å². The normalized spacial score (nSPS) is 10.1. The van der Waals surface area contributed by atoms with Crippen molar-refractivity contribution in [3.63, 3.8) is 0 Å². The molecule has 114 valence electrons. The van der Waals surface area contributed by atoms with Crippen molar-refractivity contribution in [3.05, 3.63) is 69.7 Å². The van der Waals surface area contributed by atoms with Gasteiger partial charge in [0.25, 0.3) is 5.91 Å². The average Bonchev–Trinajstić information content (AvgIpc) is 2.52. The molecular formula is C16H13Cl2NO3. The third kappa shape index (κ3) is 4.23. The van der Waals surface area contributed by atoms with Gasteiger partial charge in [-0.3, -0.25) is 4.79 Å². The maximum absolute atomic E-state index is 11.9. The SMILES string of the molecule is O=C(NCCOC(=O)c1ccccc1Cl)c1ccccc1Cl. The lowest BCUT2D eigenvalue weighted by Crippen LogP contribution is -2.28. The highest BCUT2D eigenvalue weighted by molar-refractivity contribution is 6.34. The van der Waals surface area contributed by atoms with Gasteiger partial charge in [0, 0.05) is 0 Å². The van der Waals surface area contributed by atoms with Gasteiger partial charge in [0.1, 0.15) is 6.61 Å². The van der Waals surface area contributed by atoms with Gasteiger partial charge in [-0.25, -0.2) is 4.79 Å². The second-order valence-electron chi connectivity index (χ2n) is 4.35. The fourth-order valence-corrected chi connectivity index (χ4v) is 2.19. The predicted molar refractivity (Wildman–Crippen MR) is 85.5 cm³/mol. The largest absolute Gasteiger partial charge is 0.460 e. The summed E-state index contributed by atoms with van der Waals surface area (Å²) in [4.78, 5) is 23.7. The Hall–Kier alpha value is -2.04. The molecule has 0 aliphatic carbocycles. The summed E-state index contributed by atoms with van der Waals surface area (Å²) < 4.78 is 5.05. The van der Waals surface area contributed by atoms with Crippen molar-refractivity contribution in [1.82, 2.24) is 5.32 Å². The first kappa shape index (κ1) is 16.3. The molecule has 0 saturated carbocycles. The van der Waals surface area contributed by atoms with Gasteiger partial charge in [0.05, 0.1) is 27.7 Å². The fraction of sp³-hybridized carbons (Fsp3) is 0.125. The zero-order valence-electron chi connectivity index (χ0n) is 11.5. The summed E-state index contributed by atoms with van der Waals surface area (Å²) in [5.74, 6) is -0.850. The van der Waals surface area contributed by atoms with Crippen molar-refractivity contribution in [3.8, 4) is 0 Å². The molecule has 0 aliphatic heterocycles. The van der Waals surface area contributed by atoms with Gasteiger partial charge in [0.2, 0.25) is 0 Å². The van der Waals surface area contributed by atoms with Gasteiger partial charge in [-0.05, 0) is 24.3 Å². The topological polar surface area (TPSA) is 55.4 Å². The van der Waals surface area contributed by atoms with Crippen molar-refractivity contribution in [2.75, 3.05) is 13.2 Å². The van der Waals surface area contributed by atoms with Crippen LogP contribution in [-0.4, -0.2) is 25.0 Å². The van der Waals surface area contributed by atoms with E-state index in [2.05, 4.69) is 5.32 Å². The number of amides is 1. The summed E-state index contributed by atoms with van der Waals surface area (Å²) in [5, 5.41) is 3.32. The fourth-order valence-electron chi connectivity index (χ4n) is 1.75. The van der Waals surface area contributed by atoms with E-state index in [1.807, 2.05) is 0 Å². The lowest BCUT2D eigenvalue weighted by atomic mass is 10.2. The minimum atomic E-state index is -0.530. The van der Waals surface area contributed by atoms with E-state index in [0.29, 0.717) is 21.2 Å². The molecule has 2 aromatic rings. The third-order valence-corrected chi connectivity index (χ3v) is 3.49. The third-order valence-electron chi connectivity index (χ3n) is 2.83. The van der Waals surface area contributed by atoms with E-state index in [-0.39, 0.29) is 19.1 Å². The first-order valence-corrected chi connectivity index (χ1v) is 7.29. The van der Waals surface area contributed by atoms with Gasteiger partial charge in [-0.2, -0.15) is 0 Å². The molecule has 0 radical (unpaired) electrons. The number of halogens is 2. The number of rotatable bonds is 5. The Morgan fingerprint density at radius 2 is 1.45 bits per heavy atom. The van der Waals surface area contributed by atoms with E-state index in [1.54, 1.807) is 48.5 Å². The molecule has 1 amide bonds. The van der Waals surface area contributed by atoms with Crippen LogP contribution in [0.1, 0.15) is 20.7 Å². The Morgan fingerprint density at radius 1 is 0.909 bits per heavy atom. The molecular weight excluding hydrogens is 325 g/mol. The first-order valence-electron chi connectivity index (χ1n) is 6.54. The van der Waals surface area contributed by atoms with Gasteiger partial charge in [-0.15, -0.1) is 0 Å². The number of carbonyl (C=O) groups excluding carboxylic acids is 2. The molecule has 0 atom stereocenters.